The highest BCUT2D eigenvalue weighted by molar-refractivity contribution is 7.92. The molecule has 2 rings (SSSR count). The zero-order valence-corrected chi connectivity index (χ0v) is 10.6. The van der Waals surface area contributed by atoms with Crippen LogP contribution in [-0.2, 0) is 14.8 Å². The molecule has 2 heterocycles. The average Bonchev–Trinajstić information content (AvgIpc) is 2.98. The maximum atomic E-state index is 12.0. The van der Waals surface area contributed by atoms with Crippen LogP contribution in [0.1, 0.15) is 17.3 Å². The Balaban J connectivity index is 2.31. The maximum Gasteiger partial charge on any atom is 0.342 e. The number of anilines is 1. The van der Waals surface area contributed by atoms with Crippen molar-refractivity contribution in [2.75, 3.05) is 11.3 Å². The molecule has 9 nitrogen and oxygen atoms in total. The van der Waals surface area contributed by atoms with Gasteiger partial charge in [-0.25, -0.2) is 4.79 Å². The van der Waals surface area contributed by atoms with Crippen LogP contribution in [0.2, 0.25) is 0 Å². The number of esters is 1. The Morgan fingerprint density at radius 2 is 2.37 bits per heavy atom. The van der Waals surface area contributed by atoms with Gasteiger partial charge in [0.15, 0.2) is 10.8 Å². The summed E-state index contributed by atoms with van der Waals surface area (Å²) < 4.78 is 35.4. The number of hydrogen-bond donors (Lipinski definition) is 2. The number of sulfonamides is 1. The number of aromatic nitrogens is 3. The van der Waals surface area contributed by atoms with E-state index in [4.69, 9.17) is 4.74 Å². The molecule has 2 aromatic heterocycles. The van der Waals surface area contributed by atoms with Crippen LogP contribution in [0.5, 0.6) is 0 Å². The maximum absolute atomic E-state index is 12.0. The Labute approximate surface area is 108 Å². The van der Waals surface area contributed by atoms with Gasteiger partial charge in [-0.05, 0) is 6.92 Å². The first-order valence-corrected chi connectivity index (χ1v) is 6.66. The van der Waals surface area contributed by atoms with Crippen LogP contribution in [0.15, 0.2) is 28.1 Å². The fraction of sp³-hybridized carbons (Fsp3) is 0.222. The number of hydrogen-bond acceptors (Lipinski definition) is 7. The van der Waals surface area contributed by atoms with Crippen LogP contribution >= 0.6 is 0 Å². The number of nitrogens with one attached hydrogen (secondary N) is 2. The van der Waals surface area contributed by atoms with E-state index in [1.807, 2.05) is 0 Å². The highest BCUT2D eigenvalue weighted by Gasteiger charge is 2.26. The molecule has 102 valence electrons. The smallest absolute Gasteiger partial charge is 0.342 e. The first kappa shape index (κ1) is 13.1. The molecule has 2 N–H and O–H groups in total. The molecule has 2 aromatic rings. The first-order chi connectivity index (χ1) is 9.04. The molecule has 10 heteroatoms. The van der Waals surface area contributed by atoms with Gasteiger partial charge < -0.3 is 9.26 Å². The Kier molecular flexibility index (Phi) is 3.51. The zero-order valence-electron chi connectivity index (χ0n) is 9.78. The van der Waals surface area contributed by atoms with E-state index in [0.717, 1.165) is 6.20 Å². The molecular weight excluding hydrogens is 276 g/mol. The Morgan fingerprint density at radius 1 is 1.58 bits per heavy atom. The minimum Gasteiger partial charge on any atom is -0.462 e. The summed E-state index contributed by atoms with van der Waals surface area (Å²) in [6, 6.07) is 1.32. The fourth-order valence-electron chi connectivity index (χ4n) is 1.29. The summed E-state index contributed by atoms with van der Waals surface area (Å²) in [4.78, 5) is 11.6. The molecule has 0 aliphatic rings. The third-order valence-corrected chi connectivity index (χ3v) is 3.37. The lowest BCUT2D eigenvalue weighted by Crippen LogP contribution is -2.17. The summed E-state index contributed by atoms with van der Waals surface area (Å²) in [7, 11) is -4.03. The first-order valence-electron chi connectivity index (χ1n) is 5.18. The highest BCUT2D eigenvalue weighted by atomic mass is 32.2. The minimum atomic E-state index is -4.03. The van der Waals surface area contributed by atoms with Gasteiger partial charge in [-0.2, -0.15) is 13.5 Å². The predicted octanol–water partition coefficient (Wildman–Crippen LogP) is 0.375. The van der Waals surface area contributed by atoms with Crippen molar-refractivity contribution in [3.05, 3.63) is 24.1 Å². The van der Waals surface area contributed by atoms with Crippen molar-refractivity contribution in [2.45, 2.75) is 11.9 Å². The number of H-pyrrole nitrogens is 1. The lowest BCUT2D eigenvalue weighted by atomic mass is 10.4. The van der Waals surface area contributed by atoms with E-state index in [1.54, 1.807) is 6.92 Å². The van der Waals surface area contributed by atoms with Gasteiger partial charge in [-0.1, -0.05) is 5.16 Å². The van der Waals surface area contributed by atoms with Gasteiger partial charge >= 0.3 is 5.97 Å². The molecule has 0 amide bonds. The normalized spacial score (nSPS) is 11.2. The summed E-state index contributed by atoms with van der Waals surface area (Å²) in [5.41, 5.74) is -0.183. The Bertz CT molecular complexity index is 661. The van der Waals surface area contributed by atoms with Gasteiger partial charge in [0, 0.05) is 6.07 Å². The van der Waals surface area contributed by atoms with Crippen LogP contribution in [0.3, 0.4) is 0 Å². The number of ether oxygens (including phenoxy) is 1. The SMILES string of the molecule is CCOC(=O)c1cn[nH]c1S(=O)(=O)Nc1ccon1. The van der Waals surface area contributed by atoms with Gasteiger partial charge in [0.05, 0.1) is 12.8 Å². The highest BCUT2D eigenvalue weighted by Crippen LogP contribution is 2.16. The number of nitrogens with zero attached hydrogens (tertiary/aromatic N) is 2. The van der Waals surface area contributed by atoms with E-state index in [0.29, 0.717) is 0 Å². The monoisotopic (exact) mass is 286 g/mol. The molecule has 19 heavy (non-hydrogen) atoms. The number of carbonyl (C=O) groups excluding carboxylic acids is 1. The fourth-order valence-corrected chi connectivity index (χ4v) is 2.37. The molecule has 0 saturated heterocycles. The molecule has 0 unspecified atom stereocenters. The molecule has 0 bridgehead atoms. The standard InChI is InChI=1S/C9H10N4O5S/c1-2-17-9(14)6-5-10-11-8(6)19(15,16)13-7-3-4-18-12-7/h3-5H,2H2,1H3,(H,10,11)(H,12,13). The van der Waals surface area contributed by atoms with Gasteiger partial charge in [0.1, 0.15) is 11.8 Å². The van der Waals surface area contributed by atoms with Gasteiger partial charge in [-0.15, -0.1) is 0 Å². The quantitative estimate of drug-likeness (QED) is 0.760. The Morgan fingerprint density at radius 3 is 3.00 bits per heavy atom. The van der Waals surface area contributed by atoms with Gasteiger partial charge in [0.2, 0.25) is 0 Å². The summed E-state index contributed by atoms with van der Waals surface area (Å²) >= 11 is 0. The lowest BCUT2D eigenvalue weighted by Gasteiger charge is -2.05. The second-order valence-corrected chi connectivity index (χ2v) is 4.94. The summed E-state index contributed by atoms with van der Waals surface area (Å²) in [5, 5.41) is 8.78. The van der Waals surface area contributed by atoms with Crippen molar-refractivity contribution in [3.63, 3.8) is 0 Å². The largest absolute Gasteiger partial charge is 0.462 e. The van der Waals surface area contributed by atoms with Gasteiger partial charge in [0.25, 0.3) is 10.0 Å². The van der Waals surface area contributed by atoms with Crippen LogP contribution in [-0.4, -0.2) is 36.3 Å². The molecule has 0 saturated carbocycles. The summed E-state index contributed by atoms with van der Waals surface area (Å²) in [5.74, 6) is -0.791. The van der Waals surface area contributed by atoms with E-state index < -0.39 is 21.0 Å². The van der Waals surface area contributed by atoms with Crippen molar-refractivity contribution >= 4 is 21.8 Å². The second-order valence-electron chi connectivity index (χ2n) is 3.32. The molecule has 0 aliphatic carbocycles. The number of aromatic amines is 1. The molecule has 0 aliphatic heterocycles. The zero-order chi connectivity index (χ0) is 13.9. The van der Waals surface area contributed by atoms with Crippen molar-refractivity contribution in [1.82, 2.24) is 15.4 Å². The van der Waals surface area contributed by atoms with E-state index in [1.165, 1.54) is 12.3 Å². The van der Waals surface area contributed by atoms with Crippen LogP contribution < -0.4 is 4.72 Å². The molecule has 0 atom stereocenters. The van der Waals surface area contributed by atoms with Crippen LogP contribution in [0.25, 0.3) is 0 Å². The van der Waals surface area contributed by atoms with Crippen molar-refractivity contribution in [3.8, 4) is 0 Å². The summed E-state index contributed by atoms with van der Waals surface area (Å²) in [6.45, 7) is 1.74. The number of carbonyl (C=O) groups is 1. The molecule has 0 fully saturated rings. The van der Waals surface area contributed by atoms with Crippen LogP contribution in [0.4, 0.5) is 5.82 Å². The van der Waals surface area contributed by atoms with Crippen molar-refractivity contribution < 1.29 is 22.5 Å². The van der Waals surface area contributed by atoms with Crippen LogP contribution in [0, 0.1) is 0 Å². The minimum absolute atomic E-state index is 0.00981. The van der Waals surface area contributed by atoms with E-state index in [-0.39, 0.29) is 18.0 Å². The topological polar surface area (TPSA) is 127 Å². The van der Waals surface area contributed by atoms with E-state index in [9.17, 15) is 13.2 Å². The second kappa shape index (κ2) is 5.10. The third kappa shape index (κ3) is 2.73. The predicted molar refractivity (Wildman–Crippen MR) is 61.9 cm³/mol. The molecule has 0 aromatic carbocycles. The molecule has 0 radical (unpaired) electrons. The van der Waals surface area contributed by atoms with Crippen molar-refractivity contribution in [2.24, 2.45) is 0 Å². The van der Waals surface area contributed by atoms with Gasteiger partial charge in [-0.3, -0.25) is 9.82 Å². The Hall–Kier alpha value is -2.36. The van der Waals surface area contributed by atoms with Crippen molar-refractivity contribution in [1.29, 1.82) is 0 Å². The molecule has 0 spiro atoms. The molecular formula is C9H10N4O5S. The number of rotatable bonds is 5. The van der Waals surface area contributed by atoms with E-state index >= 15 is 0 Å². The third-order valence-electron chi connectivity index (χ3n) is 2.05. The summed E-state index contributed by atoms with van der Waals surface area (Å²) in [6.07, 6.45) is 2.28. The average molecular weight is 286 g/mol. The van der Waals surface area contributed by atoms with E-state index in [2.05, 4.69) is 24.6 Å². The lowest BCUT2D eigenvalue weighted by molar-refractivity contribution is 0.0522.